The predicted molar refractivity (Wildman–Crippen MR) is 162 cm³/mol. The summed E-state index contributed by atoms with van der Waals surface area (Å²) < 4.78 is 12.7. The van der Waals surface area contributed by atoms with Gasteiger partial charge in [-0.1, -0.05) is 84.9 Å². The topological polar surface area (TPSA) is 38.3 Å². The molecule has 3 nitrogen and oxygen atoms in total. The SMILES string of the molecule is c1ccc(-c2ccc3c(c2)oc2c(-c4ccccc4)ccc(Nc4ccc5oc6ccccc6c5c4)c23)cc1. The van der Waals surface area contributed by atoms with E-state index in [-0.39, 0.29) is 0 Å². The highest BCUT2D eigenvalue weighted by Gasteiger charge is 2.17. The van der Waals surface area contributed by atoms with Gasteiger partial charge in [0.15, 0.2) is 0 Å². The molecule has 0 radical (unpaired) electrons. The Bertz CT molecular complexity index is 2140. The number of furan rings is 2. The smallest absolute Gasteiger partial charge is 0.145 e. The highest BCUT2D eigenvalue weighted by Crippen LogP contribution is 2.42. The number of nitrogens with one attached hydrogen (secondary N) is 1. The third kappa shape index (κ3) is 3.59. The summed E-state index contributed by atoms with van der Waals surface area (Å²) >= 11 is 0. The van der Waals surface area contributed by atoms with Crippen molar-refractivity contribution in [3.63, 3.8) is 0 Å². The van der Waals surface area contributed by atoms with Gasteiger partial charge in [-0.2, -0.15) is 0 Å². The van der Waals surface area contributed by atoms with E-state index in [1.54, 1.807) is 0 Å². The molecule has 0 aliphatic rings. The number of fused-ring (bicyclic) bond motifs is 6. The molecule has 0 amide bonds. The first-order chi connectivity index (χ1) is 19.3. The van der Waals surface area contributed by atoms with Gasteiger partial charge in [-0.3, -0.25) is 0 Å². The van der Waals surface area contributed by atoms with Crippen LogP contribution in [0, 0.1) is 0 Å². The van der Waals surface area contributed by atoms with E-state index in [9.17, 15) is 0 Å². The van der Waals surface area contributed by atoms with Crippen LogP contribution in [0.2, 0.25) is 0 Å². The van der Waals surface area contributed by atoms with Gasteiger partial charge in [0.25, 0.3) is 0 Å². The summed E-state index contributed by atoms with van der Waals surface area (Å²) in [6.45, 7) is 0. The van der Waals surface area contributed by atoms with Crippen molar-refractivity contribution in [3.05, 3.63) is 133 Å². The zero-order chi connectivity index (χ0) is 25.8. The Morgan fingerprint density at radius 2 is 1.18 bits per heavy atom. The monoisotopic (exact) mass is 501 g/mol. The first-order valence-electron chi connectivity index (χ1n) is 13.1. The van der Waals surface area contributed by atoms with Crippen LogP contribution < -0.4 is 5.32 Å². The molecule has 1 N–H and O–H groups in total. The Labute approximate surface area is 224 Å². The zero-order valence-electron chi connectivity index (χ0n) is 21.0. The minimum absolute atomic E-state index is 0.870. The standard InChI is InChI=1S/C36H23NO2/c1-3-9-23(10-4-1)25-15-17-29-34(21-25)39-36-27(24-11-5-2-6-12-24)18-19-31(35(29)36)37-26-16-20-33-30(22-26)28-13-7-8-14-32(28)38-33/h1-22,37H. The van der Waals surface area contributed by atoms with Gasteiger partial charge in [0.05, 0.1) is 11.1 Å². The lowest BCUT2D eigenvalue weighted by Gasteiger charge is -2.11. The molecule has 0 aliphatic heterocycles. The summed E-state index contributed by atoms with van der Waals surface area (Å²) in [5.41, 5.74) is 10.0. The van der Waals surface area contributed by atoms with Crippen LogP contribution >= 0.6 is 0 Å². The molecule has 0 saturated heterocycles. The third-order valence-electron chi connectivity index (χ3n) is 7.47. The van der Waals surface area contributed by atoms with Crippen LogP contribution in [0.15, 0.2) is 142 Å². The van der Waals surface area contributed by atoms with Gasteiger partial charge in [0.2, 0.25) is 0 Å². The Balaban J connectivity index is 1.32. The maximum Gasteiger partial charge on any atom is 0.145 e. The number of rotatable bonds is 4. The highest BCUT2D eigenvalue weighted by molar-refractivity contribution is 6.16. The van der Waals surface area contributed by atoms with Crippen molar-refractivity contribution in [2.24, 2.45) is 0 Å². The summed E-state index contributed by atoms with van der Waals surface area (Å²) in [6, 6.07) is 46.1. The van der Waals surface area contributed by atoms with Gasteiger partial charge in [0, 0.05) is 27.4 Å². The van der Waals surface area contributed by atoms with Crippen molar-refractivity contribution in [2.75, 3.05) is 5.32 Å². The second-order valence-corrected chi connectivity index (χ2v) is 9.84. The summed E-state index contributed by atoms with van der Waals surface area (Å²) in [5.74, 6) is 0. The fourth-order valence-electron chi connectivity index (χ4n) is 5.60. The van der Waals surface area contributed by atoms with Gasteiger partial charge in [-0.25, -0.2) is 0 Å². The minimum Gasteiger partial charge on any atom is -0.456 e. The number of anilines is 2. The molecule has 0 bridgehead atoms. The van der Waals surface area contributed by atoms with Gasteiger partial charge < -0.3 is 14.2 Å². The van der Waals surface area contributed by atoms with Crippen molar-refractivity contribution in [2.45, 2.75) is 0 Å². The highest BCUT2D eigenvalue weighted by atomic mass is 16.3. The molecule has 3 heteroatoms. The predicted octanol–water partition coefficient (Wildman–Crippen LogP) is 10.6. The maximum atomic E-state index is 6.64. The van der Waals surface area contributed by atoms with Gasteiger partial charge in [-0.05, 0) is 65.2 Å². The Kier molecular flexibility index (Phi) is 4.82. The first-order valence-corrected chi connectivity index (χ1v) is 13.1. The lowest BCUT2D eigenvalue weighted by molar-refractivity contribution is 0.669. The second kappa shape index (κ2) is 8.64. The normalized spacial score (nSPS) is 11.6. The van der Waals surface area contributed by atoms with Crippen molar-refractivity contribution in [3.8, 4) is 22.3 Å². The Morgan fingerprint density at radius 3 is 2.03 bits per heavy atom. The van der Waals surface area contributed by atoms with Gasteiger partial charge >= 0.3 is 0 Å². The van der Waals surface area contributed by atoms with E-state index in [0.717, 1.165) is 71.9 Å². The molecule has 0 fully saturated rings. The molecule has 0 saturated carbocycles. The minimum atomic E-state index is 0.870. The summed E-state index contributed by atoms with van der Waals surface area (Å²) in [4.78, 5) is 0. The molecule has 0 aliphatic carbocycles. The molecule has 39 heavy (non-hydrogen) atoms. The second-order valence-electron chi connectivity index (χ2n) is 9.84. The number of hydrogen-bond acceptors (Lipinski definition) is 3. The van der Waals surface area contributed by atoms with Gasteiger partial charge in [-0.15, -0.1) is 0 Å². The molecule has 6 aromatic carbocycles. The summed E-state index contributed by atoms with van der Waals surface area (Å²) in [7, 11) is 0. The Morgan fingerprint density at radius 1 is 0.436 bits per heavy atom. The fraction of sp³-hybridized carbons (Fsp3) is 0. The van der Waals surface area contributed by atoms with Crippen LogP contribution in [-0.4, -0.2) is 0 Å². The molecule has 8 rings (SSSR count). The third-order valence-corrected chi connectivity index (χ3v) is 7.47. The molecular weight excluding hydrogens is 478 g/mol. The zero-order valence-corrected chi connectivity index (χ0v) is 21.0. The van der Waals surface area contributed by atoms with Crippen LogP contribution in [0.5, 0.6) is 0 Å². The number of hydrogen-bond donors (Lipinski definition) is 1. The van der Waals surface area contributed by atoms with Crippen LogP contribution in [0.25, 0.3) is 66.1 Å². The Hall–Kier alpha value is -5.28. The van der Waals surface area contributed by atoms with E-state index in [1.165, 1.54) is 5.56 Å². The van der Waals surface area contributed by atoms with Crippen molar-refractivity contribution < 1.29 is 8.83 Å². The molecule has 184 valence electrons. The average Bonchev–Trinajstić information content (AvgIpc) is 3.56. The van der Waals surface area contributed by atoms with Crippen molar-refractivity contribution in [1.29, 1.82) is 0 Å². The quantitative estimate of drug-likeness (QED) is 0.261. The largest absolute Gasteiger partial charge is 0.456 e. The first kappa shape index (κ1) is 21.8. The van der Waals surface area contributed by atoms with E-state index in [2.05, 4.69) is 102 Å². The van der Waals surface area contributed by atoms with E-state index < -0.39 is 0 Å². The summed E-state index contributed by atoms with van der Waals surface area (Å²) in [5, 5.41) is 8.06. The van der Waals surface area contributed by atoms with Crippen LogP contribution in [0.1, 0.15) is 0 Å². The van der Waals surface area contributed by atoms with Crippen LogP contribution in [0.4, 0.5) is 11.4 Å². The molecule has 0 unspecified atom stereocenters. The number of para-hydroxylation sites is 1. The maximum absolute atomic E-state index is 6.64. The lowest BCUT2D eigenvalue weighted by atomic mass is 9.99. The van der Waals surface area contributed by atoms with Crippen LogP contribution in [0.3, 0.4) is 0 Å². The molecule has 2 heterocycles. The average molecular weight is 502 g/mol. The van der Waals surface area contributed by atoms with Crippen LogP contribution in [-0.2, 0) is 0 Å². The molecule has 2 aromatic heterocycles. The van der Waals surface area contributed by atoms with E-state index >= 15 is 0 Å². The van der Waals surface area contributed by atoms with E-state index in [4.69, 9.17) is 8.83 Å². The van der Waals surface area contributed by atoms with Gasteiger partial charge in [0.1, 0.15) is 22.3 Å². The molecule has 0 spiro atoms. The summed E-state index contributed by atoms with van der Waals surface area (Å²) in [6.07, 6.45) is 0. The lowest BCUT2D eigenvalue weighted by Crippen LogP contribution is -1.92. The molecule has 0 atom stereocenters. The fourth-order valence-corrected chi connectivity index (χ4v) is 5.60. The van der Waals surface area contributed by atoms with E-state index in [0.29, 0.717) is 0 Å². The molecule has 8 aromatic rings. The van der Waals surface area contributed by atoms with E-state index in [1.807, 2.05) is 36.4 Å². The number of benzene rings is 6. The van der Waals surface area contributed by atoms with Crippen molar-refractivity contribution >= 4 is 55.3 Å². The van der Waals surface area contributed by atoms with Crippen molar-refractivity contribution in [1.82, 2.24) is 0 Å². The molecular formula is C36H23NO2.